The number of fused-ring (bicyclic) bond motifs is 1. The summed E-state index contributed by atoms with van der Waals surface area (Å²) in [5.41, 5.74) is 2.80. The van der Waals surface area contributed by atoms with Gasteiger partial charge in [0.25, 0.3) is 5.91 Å². The Balaban J connectivity index is 1.69. The molecule has 0 saturated heterocycles. The topological polar surface area (TPSA) is 106 Å². The molecule has 110 valence electrons. The van der Waals surface area contributed by atoms with Crippen LogP contribution in [0.25, 0.3) is 0 Å². The van der Waals surface area contributed by atoms with Gasteiger partial charge < -0.3 is 10.3 Å². The molecule has 2 heterocycles. The second-order valence-electron chi connectivity index (χ2n) is 5.04. The molecule has 0 atom stereocenters. The molecule has 3 rings (SSSR count). The lowest BCUT2D eigenvalue weighted by molar-refractivity contribution is 0.0945. The van der Waals surface area contributed by atoms with Crippen molar-refractivity contribution in [3.8, 4) is 0 Å². The number of amides is 1. The Bertz CT molecular complexity index is 673. The van der Waals surface area contributed by atoms with Crippen molar-refractivity contribution in [2.24, 2.45) is 0 Å². The number of nitrogens with zero attached hydrogens (tertiary/aromatic N) is 4. The van der Waals surface area contributed by atoms with Crippen molar-refractivity contribution in [2.45, 2.75) is 32.7 Å². The Labute approximate surface area is 120 Å². The van der Waals surface area contributed by atoms with Crippen molar-refractivity contribution >= 4 is 11.7 Å². The lowest BCUT2D eigenvalue weighted by atomic mass is 9.94. The van der Waals surface area contributed by atoms with Crippen molar-refractivity contribution < 1.29 is 9.59 Å². The summed E-state index contributed by atoms with van der Waals surface area (Å²) in [6.45, 7) is 2.66. The fraction of sp³-hybridized carbons (Fsp3) is 0.462. The standard InChI is InChI=1S/C13H16N6O2/c1-8-11-9(3-2-4-10(11)20)17-12(8)13(21)14-5-6-19-16-7-15-18-19/h7,17H,2-6H2,1H3,(H,14,21). The zero-order valence-corrected chi connectivity index (χ0v) is 11.7. The summed E-state index contributed by atoms with van der Waals surface area (Å²) >= 11 is 0. The molecule has 0 radical (unpaired) electrons. The summed E-state index contributed by atoms with van der Waals surface area (Å²) in [6, 6.07) is 0. The Kier molecular flexibility index (Phi) is 3.51. The molecular weight excluding hydrogens is 272 g/mol. The molecule has 0 spiro atoms. The maximum absolute atomic E-state index is 12.2. The molecule has 1 aliphatic rings. The number of aromatic nitrogens is 5. The second-order valence-corrected chi connectivity index (χ2v) is 5.04. The monoisotopic (exact) mass is 288 g/mol. The van der Waals surface area contributed by atoms with Crippen molar-refractivity contribution in [3.05, 3.63) is 28.8 Å². The number of carbonyl (C=O) groups is 2. The maximum Gasteiger partial charge on any atom is 0.268 e. The van der Waals surface area contributed by atoms with E-state index in [4.69, 9.17) is 0 Å². The summed E-state index contributed by atoms with van der Waals surface area (Å²) in [6.07, 6.45) is 3.56. The summed E-state index contributed by atoms with van der Waals surface area (Å²) in [5.74, 6) is -0.0920. The van der Waals surface area contributed by atoms with Crippen LogP contribution in [0.1, 0.15) is 44.9 Å². The van der Waals surface area contributed by atoms with E-state index < -0.39 is 0 Å². The number of aromatic amines is 1. The molecule has 0 saturated carbocycles. The summed E-state index contributed by atoms with van der Waals surface area (Å²) in [5, 5.41) is 14.0. The third-order valence-corrected chi connectivity index (χ3v) is 3.65. The van der Waals surface area contributed by atoms with E-state index in [9.17, 15) is 9.59 Å². The van der Waals surface area contributed by atoms with Gasteiger partial charge in [0.05, 0.1) is 6.54 Å². The van der Waals surface area contributed by atoms with E-state index in [1.807, 2.05) is 6.92 Å². The molecule has 0 fully saturated rings. The van der Waals surface area contributed by atoms with E-state index >= 15 is 0 Å². The Morgan fingerprint density at radius 1 is 1.48 bits per heavy atom. The van der Waals surface area contributed by atoms with Crippen LogP contribution in [0.15, 0.2) is 6.33 Å². The van der Waals surface area contributed by atoms with Crippen LogP contribution in [0, 0.1) is 6.92 Å². The van der Waals surface area contributed by atoms with Crippen LogP contribution in [0.4, 0.5) is 0 Å². The molecule has 1 aliphatic carbocycles. The SMILES string of the molecule is Cc1c(C(=O)NCCn2ncnn2)[nH]c2c1C(=O)CCC2. The summed E-state index contributed by atoms with van der Waals surface area (Å²) < 4.78 is 0. The van der Waals surface area contributed by atoms with Gasteiger partial charge in [0.1, 0.15) is 5.69 Å². The van der Waals surface area contributed by atoms with E-state index in [-0.39, 0.29) is 11.7 Å². The fourth-order valence-corrected chi connectivity index (χ4v) is 2.65. The number of nitrogens with one attached hydrogen (secondary N) is 2. The van der Waals surface area contributed by atoms with Crippen molar-refractivity contribution in [3.63, 3.8) is 0 Å². The van der Waals surface area contributed by atoms with Crippen LogP contribution in [0.3, 0.4) is 0 Å². The Morgan fingerprint density at radius 3 is 3.05 bits per heavy atom. The molecule has 21 heavy (non-hydrogen) atoms. The third-order valence-electron chi connectivity index (χ3n) is 3.65. The Morgan fingerprint density at radius 2 is 2.33 bits per heavy atom. The predicted molar refractivity (Wildman–Crippen MR) is 72.9 cm³/mol. The molecule has 2 aromatic heterocycles. The predicted octanol–water partition coefficient (Wildman–Crippen LogP) is 0.259. The number of rotatable bonds is 4. The first kappa shape index (κ1) is 13.5. The number of hydrogen-bond acceptors (Lipinski definition) is 5. The smallest absolute Gasteiger partial charge is 0.268 e. The number of Topliss-reactive ketones (excluding diaryl/α,β-unsaturated/α-hetero) is 1. The lowest BCUT2D eigenvalue weighted by Gasteiger charge is -2.09. The highest BCUT2D eigenvalue weighted by atomic mass is 16.2. The van der Waals surface area contributed by atoms with Gasteiger partial charge in [-0.25, -0.2) is 0 Å². The largest absolute Gasteiger partial charge is 0.354 e. The molecular formula is C13H16N6O2. The van der Waals surface area contributed by atoms with E-state index in [0.717, 1.165) is 24.1 Å². The van der Waals surface area contributed by atoms with Gasteiger partial charge >= 0.3 is 0 Å². The van der Waals surface area contributed by atoms with Crippen LogP contribution in [0.2, 0.25) is 0 Å². The fourth-order valence-electron chi connectivity index (χ4n) is 2.65. The first-order chi connectivity index (χ1) is 10.2. The highest BCUT2D eigenvalue weighted by molar-refractivity contribution is 6.04. The average molecular weight is 288 g/mol. The zero-order valence-electron chi connectivity index (χ0n) is 11.7. The summed E-state index contributed by atoms with van der Waals surface area (Å²) in [7, 11) is 0. The summed E-state index contributed by atoms with van der Waals surface area (Å²) in [4.78, 5) is 28.6. The Hall–Kier alpha value is -2.51. The number of aryl methyl sites for hydroxylation is 1. The van der Waals surface area contributed by atoms with Gasteiger partial charge in [-0.2, -0.15) is 4.80 Å². The quantitative estimate of drug-likeness (QED) is 0.839. The van der Waals surface area contributed by atoms with Crippen LogP contribution in [-0.4, -0.2) is 43.4 Å². The highest BCUT2D eigenvalue weighted by Crippen LogP contribution is 2.26. The molecule has 0 unspecified atom stereocenters. The normalized spacial score (nSPS) is 14.0. The third kappa shape index (κ3) is 2.56. The number of tetrazole rings is 1. The van der Waals surface area contributed by atoms with E-state index in [1.165, 1.54) is 11.1 Å². The first-order valence-corrected chi connectivity index (χ1v) is 6.90. The van der Waals surface area contributed by atoms with Crippen molar-refractivity contribution in [2.75, 3.05) is 6.54 Å². The molecule has 2 aromatic rings. The molecule has 0 aliphatic heterocycles. The number of H-pyrrole nitrogens is 1. The highest BCUT2D eigenvalue weighted by Gasteiger charge is 2.26. The second kappa shape index (κ2) is 5.47. The van der Waals surface area contributed by atoms with Gasteiger partial charge in [-0.3, -0.25) is 9.59 Å². The lowest BCUT2D eigenvalue weighted by Crippen LogP contribution is -2.28. The van der Waals surface area contributed by atoms with Gasteiger partial charge in [0.2, 0.25) is 0 Å². The maximum atomic E-state index is 12.2. The van der Waals surface area contributed by atoms with Crippen molar-refractivity contribution in [1.82, 2.24) is 30.5 Å². The minimum atomic E-state index is -0.213. The molecule has 0 aromatic carbocycles. The van der Waals surface area contributed by atoms with E-state index in [1.54, 1.807) is 0 Å². The number of ketones is 1. The van der Waals surface area contributed by atoms with Crippen LogP contribution < -0.4 is 5.32 Å². The van der Waals surface area contributed by atoms with Gasteiger partial charge in [-0.15, -0.1) is 10.2 Å². The van der Waals surface area contributed by atoms with Gasteiger partial charge in [0.15, 0.2) is 12.1 Å². The van der Waals surface area contributed by atoms with Gasteiger partial charge in [-0.1, -0.05) is 0 Å². The van der Waals surface area contributed by atoms with Crippen LogP contribution in [-0.2, 0) is 13.0 Å². The molecule has 0 bridgehead atoms. The molecule has 8 nitrogen and oxygen atoms in total. The van der Waals surface area contributed by atoms with Crippen molar-refractivity contribution in [1.29, 1.82) is 0 Å². The molecule has 8 heteroatoms. The van der Waals surface area contributed by atoms with Gasteiger partial charge in [0, 0.05) is 24.2 Å². The molecule has 2 N–H and O–H groups in total. The van der Waals surface area contributed by atoms with E-state index in [2.05, 4.69) is 25.7 Å². The number of hydrogen-bond donors (Lipinski definition) is 2. The van der Waals surface area contributed by atoms with Crippen LogP contribution in [0.5, 0.6) is 0 Å². The van der Waals surface area contributed by atoms with E-state index in [0.29, 0.717) is 30.8 Å². The minimum absolute atomic E-state index is 0.121. The number of carbonyl (C=O) groups excluding carboxylic acids is 2. The van der Waals surface area contributed by atoms with Crippen LogP contribution >= 0.6 is 0 Å². The average Bonchev–Trinajstić information content (AvgIpc) is 3.08. The zero-order chi connectivity index (χ0) is 14.8. The minimum Gasteiger partial charge on any atom is -0.354 e. The van der Waals surface area contributed by atoms with Gasteiger partial charge in [-0.05, 0) is 30.5 Å². The first-order valence-electron chi connectivity index (χ1n) is 6.90. The molecule has 1 amide bonds.